The van der Waals surface area contributed by atoms with E-state index in [0.29, 0.717) is 23.9 Å². The molecule has 0 aliphatic carbocycles. The number of hydrogen-bond donors (Lipinski definition) is 1. The molecule has 4 nitrogen and oxygen atoms in total. The molecule has 1 N–H and O–H groups in total. The number of carbonyl (C=O) groups excluding carboxylic acids is 1. The number of aromatic nitrogens is 1. The van der Waals surface area contributed by atoms with Gasteiger partial charge in [-0.2, -0.15) is 0 Å². The highest BCUT2D eigenvalue weighted by atomic mass is 35.6. The summed E-state index contributed by atoms with van der Waals surface area (Å²) in [5.74, 6) is -0.208. The number of aryl methyl sites for hydroxylation is 1. The van der Waals surface area contributed by atoms with Crippen molar-refractivity contribution in [3.05, 3.63) is 17.8 Å². The van der Waals surface area contributed by atoms with E-state index in [9.17, 15) is 4.79 Å². The zero-order chi connectivity index (χ0) is 14.5. The fourth-order valence-electron chi connectivity index (χ4n) is 1.26. The summed E-state index contributed by atoms with van der Waals surface area (Å²) < 4.78 is 3.46. The first-order valence-corrected chi connectivity index (χ1v) is 6.96. The number of hydrogen-bond acceptors (Lipinski definition) is 3. The number of nitrogens with one attached hydrogen (secondary N) is 1. The van der Waals surface area contributed by atoms with Crippen molar-refractivity contribution in [2.75, 3.05) is 11.9 Å². The summed E-state index contributed by atoms with van der Waals surface area (Å²) in [6, 6.07) is 3.33. The maximum absolute atomic E-state index is 11.5. The number of alkyl halides is 3. The lowest BCUT2D eigenvalue weighted by Crippen LogP contribution is -2.27. The first-order valence-electron chi connectivity index (χ1n) is 5.83. The molecule has 106 valence electrons. The molecule has 0 aliphatic rings. The summed E-state index contributed by atoms with van der Waals surface area (Å²) in [5.41, 5.74) is 1.08. The molecule has 1 aromatic heterocycles. The Labute approximate surface area is 127 Å². The average molecular weight is 326 g/mol. The third-order valence-electron chi connectivity index (χ3n) is 2.31. The number of unbranched alkanes of at least 4 members (excludes halogenated alkanes) is 1. The summed E-state index contributed by atoms with van der Waals surface area (Å²) in [5, 5.41) is 2.49. The third-order valence-corrected chi connectivity index (χ3v) is 2.83. The fraction of sp³-hybridized carbons (Fsp3) is 0.500. The van der Waals surface area contributed by atoms with Gasteiger partial charge in [-0.05, 0) is 19.4 Å². The number of carbonyl (C=O) groups is 1. The van der Waals surface area contributed by atoms with E-state index in [-0.39, 0.29) is 0 Å². The van der Waals surface area contributed by atoms with Gasteiger partial charge in [0.25, 0.3) is 9.70 Å². The van der Waals surface area contributed by atoms with E-state index in [1.165, 1.54) is 0 Å². The minimum absolute atomic E-state index is 0.485. The smallest absolute Gasteiger partial charge is 0.276 e. The molecule has 0 saturated heterocycles. The summed E-state index contributed by atoms with van der Waals surface area (Å²) in [6.45, 7) is 4.43. The second-order valence-electron chi connectivity index (χ2n) is 3.94. The van der Waals surface area contributed by atoms with Gasteiger partial charge in [-0.3, -0.25) is 4.79 Å². The molecular formula is C12H15Cl3N2O2. The molecule has 1 heterocycles. The number of anilines is 1. The lowest BCUT2D eigenvalue weighted by Gasteiger charge is -2.13. The predicted octanol–water partition coefficient (Wildman–Crippen LogP) is 3.88. The maximum atomic E-state index is 11.5. The van der Waals surface area contributed by atoms with Crippen molar-refractivity contribution in [2.24, 2.45) is 0 Å². The molecule has 1 aromatic rings. The van der Waals surface area contributed by atoms with Crippen LogP contribution in [0.1, 0.15) is 25.5 Å². The van der Waals surface area contributed by atoms with Crippen molar-refractivity contribution < 1.29 is 9.53 Å². The predicted molar refractivity (Wildman–Crippen MR) is 78.3 cm³/mol. The van der Waals surface area contributed by atoms with Crippen LogP contribution in [0.3, 0.4) is 0 Å². The Hall–Kier alpha value is -0.710. The first-order chi connectivity index (χ1) is 8.84. The number of nitrogens with zero attached hydrogens (tertiary/aromatic N) is 1. The van der Waals surface area contributed by atoms with Crippen molar-refractivity contribution in [1.82, 2.24) is 4.98 Å². The third kappa shape index (κ3) is 5.43. The van der Waals surface area contributed by atoms with E-state index in [4.69, 9.17) is 39.5 Å². The van der Waals surface area contributed by atoms with E-state index in [2.05, 4.69) is 17.2 Å². The SMILES string of the molecule is CCCCOc1ccc(NC(=O)C(Cl)(Cl)Cl)c(C)n1. The maximum Gasteiger partial charge on any atom is 0.276 e. The molecule has 0 bridgehead atoms. The second kappa shape index (κ2) is 7.17. The van der Waals surface area contributed by atoms with Gasteiger partial charge in [-0.15, -0.1) is 0 Å². The van der Waals surface area contributed by atoms with Gasteiger partial charge >= 0.3 is 0 Å². The van der Waals surface area contributed by atoms with Gasteiger partial charge in [0.15, 0.2) is 0 Å². The van der Waals surface area contributed by atoms with Crippen LogP contribution in [-0.4, -0.2) is 21.3 Å². The van der Waals surface area contributed by atoms with E-state index in [1.807, 2.05) is 0 Å². The van der Waals surface area contributed by atoms with Crippen molar-refractivity contribution in [1.29, 1.82) is 0 Å². The standard InChI is InChI=1S/C12H15Cl3N2O2/c1-3-4-7-19-10-6-5-9(8(2)16-10)17-11(18)12(13,14)15/h5-6H,3-4,7H2,1-2H3,(H,17,18). The summed E-state index contributed by atoms with van der Waals surface area (Å²) in [4.78, 5) is 15.7. The minimum Gasteiger partial charge on any atom is -0.478 e. The molecule has 19 heavy (non-hydrogen) atoms. The molecule has 0 aromatic carbocycles. The largest absolute Gasteiger partial charge is 0.478 e. The molecule has 0 saturated carbocycles. The van der Waals surface area contributed by atoms with E-state index < -0.39 is 9.70 Å². The Morgan fingerprint density at radius 1 is 1.42 bits per heavy atom. The summed E-state index contributed by atoms with van der Waals surface area (Å²) in [7, 11) is 0. The number of ether oxygens (including phenoxy) is 1. The van der Waals surface area contributed by atoms with E-state index in [1.54, 1.807) is 19.1 Å². The molecule has 1 rings (SSSR count). The van der Waals surface area contributed by atoms with Crippen molar-refractivity contribution >= 4 is 46.4 Å². The lowest BCUT2D eigenvalue weighted by molar-refractivity contribution is -0.115. The zero-order valence-corrected chi connectivity index (χ0v) is 12.9. The molecule has 0 atom stereocenters. The molecule has 0 fully saturated rings. The minimum atomic E-state index is -2.00. The van der Waals surface area contributed by atoms with Crippen LogP contribution in [0.4, 0.5) is 5.69 Å². The highest BCUT2D eigenvalue weighted by Gasteiger charge is 2.30. The van der Waals surface area contributed by atoms with Crippen LogP contribution in [0.5, 0.6) is 5.88 Å². The monoisotopic (exact) mass is 324 g/mol. The van der Waals surface area contributed by atoms with Gasteiger partial charge in [-0.1, -0.05) is 48.1 Å². The highest BCUT2D eigenvalue weighted by molar-refractivity contribution is 6.76. The Balaban J connectivity index is 2.69. The number of halogens is 3. The average Bonchev–Trinajstić information content (AvgIpc) is 2.31. The lowest BCUT2D eigenvalue weighted by atomic mass is 10.3. The van der Waals surface area contributed by atoms with Gasteiger partial charge in [-0.25, -0.2) is 4.98 Å². The van der Waals surface area contributed by atoms with Gasteiger partial charge in [0.2, 0.25) is 5.88 Å². The van der Waals surface area contributed by atoms with Crippen molar-refractivity contribution in [3.8, 4) is 5.88 Å². The molecule has 0 unspecified atom stereocenters. The molecule has 1 amide bonds. The Bertz CT molecular complexity index is 447. The van der Waals surface area contributed by atoms with Gasteiger partial charge in [0.1, 0.15) is 0 Å². The number of amides is 1. The normalized spacial score (nSPS) is 11.2. The first kappa shape index (κ1) is 16.3. The number of rotatable bonds is 5. The van der Waals surface area contributed by atoms with Gasteiger partial charge in [0, 0.05) is 6.07 Å². The second-order valence-corrected chi connectivity index (χ2v) is 6.22. The van der Waals surface area contributed by atoms with Crippen LogP contribution in [-0.2, 0) is 4.79 Å². The van der Waals surface area contributed by atoms with Crippen LogP contribution >= 0.6 is 34.8 Å². The highest BCUT2D eigenvalue weighted by Crippen LogP contribution is 2.28. The van der Waals surface area contributed by atoms with Crippen LogP contribution in [0.2, 0.25) is 0 Å². The van der Waals surface area contributed by atoms with Crippen LogP contribution in [0, 0.1) is 6.92 Å². The van der Waals surface area contributed by atoms with Gasteiger partial charge < -0.3 is 10.1 Å². The van der Waals surface area contributed by atoms with Gasteiger partial charge in [0.05, 0.1) is 18.0 Å². The van der Waals surface area contributed by atoms with Crippen molar-refractivity contribution in [2.45, 2.75) is 30.5 Å². The Morgan fingerprint density at radius 3 is 2.63 bits per heavy atom. The molecular weight excluding hydrogens is 311 g/mol. The fourth-order valence-corrected chi connectivity index (χ4v) is 1.41. The van der Waals surface area contributed by atoms with E-state index >= 15 is 0 Å². The Morgan fingerprint density at radius 2 is 2.11 bits per heavy atom. The quantitative estimate of drug-likeness (QED) is 0.660. The van der Waals surface area contributed by atoms with Crippen LogP contribution < -0.4 is 10.1 Å². The number of pyridine rings is 1. The molecule has 0 aliphatic heterocycles. The van der Waals surface area contributed by atoms with Crippen LogP contribution in [0.15, 0.2) is 12.1 Å². The topological polar surface area (TPSA) is 51.2 Å². The van der Waals surface area contributed by atoms with Crippen molar-refractivity contribution in [3.63, 3.8) is 0 Å². The summed E-state index contributed by atoms with van der Waals surface area (Å²) in [6.07, 6.45) is 2.02. The molecule has 0 spiro atoms. The molecule has 7 heteroatoms. The Kier molecular flexibility index (Phi) is 6.17. The summed E-state index contributed by atoms with van der Waals surface area (Å²) >= 11 is 16.4. The van der Waals surface area contributed by atoms with Crippen LogP contribution in [0.25, 0.3) is 0 Å². The molecule has 0 radical (unpaired) electrons. The van der Waals surface area contributed by atoms with E-state index in [0.717, 1.165) is 12.8 Å². The zero-order valence-electron chi connectivity index (χ0n) is 10.7.